The van der Waals surface area contributed by atoms with Crippen molar-refractivity contribution in [3.63, 3.8) is 0 Å². The molecular formula is C8H12ClN3O2. The number of aliphatic hydroxyl groups excluding tert-OH is 1. The van der Waals surface area contributed by atoms with Gasteiger partial charge in [0.2, 0.25) is 0 Å². The summed E-state index contributed by atoms with van der Waals surface area (Å²) in [6.07, 6.45) is 0.731. The Kier molecular flexibility index (Phi) is 4.06. The van der Waals surface area contributed by atoms with Crippen LogP contribution in [0.3, 0.4) is 0 Å². The first kappa shape index (κ1) is 11.2. The summed E-state index contributed by atoms with van der Waals surface area (Å²) in [6, 6.07) is 0. The monoisotopic (exact) mass is 217 g/mol. The van der Waals surface area contributed by atoms with Gasteiger partial charge < -0.3 is 9.84 Å². The predicted molar refractivity (Wildman–Crippen MR) is 51.9 cm³/mol. The quantitative estimate of drug-likeness (QED) is 0.789. The summed E-state index contributed by atoms with van der Waals surface area (Å²) in [5.41, 5.74) is 0.564. The van der Waals surface area contributed by atoms with E-state index in [1.807, 2.05) is 0 Å². The number of rotatable bonds is 5. The molecule has 1 aromatic heterocycles. The smallest absolute Gasteiger partial charge is 0.120 e. The fourth-order valence-corrected chi connectivity index (χ4v) is 1.17. The molecule has 1 aromatic rings. The van der Waals surface area contributed by atoms with Crippen molar-refractivity contribution in [2.24, 2.45) is 0 Å². The maximum Gasteiger partial charge on any atom is 0.120 e. The SMILES string of the molecule is C=C(Cl)Cn1nncc1[C@@H](O)COC. The van der Waals surface area contributed by atoms with Gasteiger partial charge in [-0.05, 0) is 0 Å². The van der Waals surface area contributed by atoms with E-state index in [-0.39, 0.29) is 6.61 Å². The van der Waals surface area contributed by atoms with Crippen molar-refractivity contribution < 1.29 is 9.84 Å². The molecule has 0 aromatic carbocycles. The second kappa shape index (κ2) is 5.09. The van der Waals surface area contributed by atoms with Crippen LogP contribution < -0.4 is 0 Å². The van der Waals surface area contributed by atoms with E-state index < -0.39 is 6.10 Å². The highest BCUT2D eigenvalue weighted by atomic mass is 35.5. The normalized spacial score (nSPS) is 12.8. The summed E-state index contributed by atoms with van der Waals surface area (Å²) in [5.74, 6) is 0. The first-order valence-electron chi connectivity index (χ1n) is 4.03. The molecule has 0 fully saturated rings. The number of hydrogen-bond acceptors (Lipinski definition) is 4. The van der Waals surface area contributed by atoms with Crippen molar-refractivity contribution in [2.75, 3.05) is 13.7 Å². The predicted octanol–water partition coefficient (Wildman–Crippen LogP) is 0.710. The largest absolute Gasteiger partial charge is 0.384 e. The van der Waals surface area contributed by atoms with Crippen molar-refractivity contribution in [3.05, 3.63) is 23.5 Å². The van der Waals surface area contributed by atoms with E-state index in [9.17, 15) is 5.11 Å². The summed E-state index contributed by atoms with van der Waals surface area (Å²) < 4.78 is 6.30. The van der Waals surface area contributed by atoms with Crippen LogP contribution in [0.1, 0.15) is 11.8 Å². The lowest BCUT2D eigenvalue weighted by molar-refractivity contribution is 0.0589. The molecule has 0 spiro atoms. The topological polar surface area (TPSA) is 60.2 Å². The number of hydrogen-bond donors (Lipinski definition) is 1. The van der Waals surface area contributed by atoms with E-state index in [2.05, 4.69) is 16.9 Å². The molecule has 5 nitrogen and oxygen atoms in total. The minimum atomic E-state index is -0.744. The Morgan fingerprint density at radius 3 is 3.14 bits per heavy atom. The number of ether oxygens (including phenoxy) is 1. The fourth-order valence-electron chi connectivity index (χ4n) is 1.05. The van der Waals surface area contributed by atoms with Crippen molar-refractivity contribution in [1.29, 1.82) is 0 Å². The number of halogens is 1. The van der Waals surface area contributed by atoms with Crippen molar-refractivity contribution in [1.82, 2.24) is 15.0 Å². The van der Waals surface area contributed by atoms with E-state index in [4.69, 9.17) is 16.3 Å². The molecule has 1 heterocycles. The van der Waals surface area contributed by atoms with Crippen LogP contribution in [0.25, 0.3) is 0 Å². The molecule has 0 bridgehead atoms. The van der Waals surface area contributed by atoms with Crippen LogP contribution in [-0.2, 0) is 11.3 Å². The molecule has 0 aliphatic heterocycles. The summed E-state index contributed by atoms with van der Waals surface area (Å²) in [4.78, 5) is 0. The lowest BCUT2D eigenvalue weighted by Gasteiger charge is -2.10. The Hall–Kier alpha value is -0.910. The van der Waals surface area contributed by atoms with Gasteiger partial charge >= 0.3 is 0 Å². The third-order valence-corrected chi connectivity index (χ3v) is 1.75. The van der Waals surface area contributed by atoms with E-state index in [0.717, 1.165) is 0 Å². The molecule has 0 radical (unpaired) electrons. The molecule has 1 rings (SSSR count). The zero-order valence-corrected chi connectivity index (χ0v) is 8.61. The Bertz CT molecular complexity index is 313. The lowest BCUT2D eigenvalue weighted by Crippen LogP contribution is -2.13. The second-order valence-corrected chi connectivity index (χ2v) is 3.34. The Labute approximate surface area is 86.9 Å². The minimum Gasteiger partial charge on any atom is -0.384 e. The molecule has 0 aliphatic carbocycles. The van der Waals surface area contributed by atoms with Crippen LogP contribution in [-0.4, -0.2) is 33.8 Å². The maximum atomic E-state index is 9.60. The zero-order chi connectivity index (χ0) is 10.6. The summed E-state index contributed by atoms with van der Waals surface area (Å²) >= 11 is 5.63. The number of allylic oxidation sites excluding steroid dienone is 1. The molecular weight excluding hydrogens is 206 g/mol. The van der Waals surface area contributed by atoms with Gasteiger partial charge in [0.25, 0.3) is 0 Å². The van der Waals surface area contributed by atoms with E-state index >= 15 is 0 Å². The molecule has 1 N–H and O–H groups in total. The fraction of sp³-hybridized carbons (Fsp3) is 0.500. The van der Waals surface area contributed by atoms with Crippen LogP contribution in [0.15, 0.2) is 17.8 Å². The molecule has 14 heavy (non-hydrogen) atoms. The van der Waals surface area contributed by atoms with Gasteiger partial charge in [0.1, 0.15) is 6.10 Å². The van der Waals surface area contributed by atoms with Crippen LogP contribution in [0.4, 0.5) is 0 Å². The standard InChI is InChI=1S/C8H12ClN3O2/c1-6(9)4-12-7(3-10-11-12)8(13)5-14-2/h3,8,13H,1,4-5H2,2H3/t8-/m0/s1. The molecule has 0 saturated carbocycles. The van der Waals surface area contributed by atoms with Crippen LogP contribution in [0, 0.1) is 0 Å². The van der Waals surface area contributed by atoms with E-state index in [0.29, 0.717) is 17.3 Å². The Morgan fingerprint density at radius 2 is 2.57 bits per heavy atom. The molecule has 0 amide bonds. The number of aliphatic hydroxyl groups is 1. The average Bonchev–Trinajstić information content (AvgIpc) is 2.51. The third kappa shape index (κ3) is 2.80. The van der Waals surface area contributed by atoms with Gasteiger partial charge in [-0.3, -0.25) is 0 Å². The highest BCUT2D eigenvalue weighted by Gasteiger charge is 2.13. The van der Waals surface area contributed by atoms with Crippen molar-refractivity contribution >= 4 is 11.6 Å². The highest BCUT2D eigenvalue weighted by molar-refractivity contribution is 6.29. The van der Waals surface area contributed by atoms with Gasteiger partial charge in [-0.25, -0.2) is 4.68 Å². The van der Waals surface area contributed by atoms with Gasteiger partial charge in [-0.1, -0.05) is 23.4 Å². The minimum absolute atomic E-state index is 0.197. The first-order valence-corrected chi connectivity index (χ1v) is 4.41. The number of aromatic nitrogens is 3. The van der Waals surface area contributed by atoms with Crippen LogP contribution >= 0.6 is 11.6 Å². The molecule has 0 unspecified atom stereocenters. The molecule has 0 saturated heterocycles. The Morgan fingerprint density at radius 1 is 1.86 bits per heavy atom. The summed E-state index contributed by atoms with van der Waals surface area (Å²) in [5, 5.41) is 17.5. The third-order valence-electron chi connectivity index (χ3n) is 1.63. The molecule has 6 heteroatoms. The maximum absolute atomic E-state index is 9.60. The van der Waals surface area contributed by atoms with Gasteiger partial charge in [-0.15, -0.1) is 5.10 Å². The zero-order valence-electron chi connectivity index (χ0n) is 7.85. The van der Waals surface area contributed by atoms with Crippen molar-refractivity contribution in [3.8, 4) is 0 Å². The van der Waals surface area contributed by atoms with Crippen LogP contribution in [0.5, 0.6) is 0 Å². The first-order chi connectivity index (χ1) is 6.65. The summed E-state index contributed by atoms with van der Waals surface area (Å²) in [7, 11) is 1.51. The number of nitrogens with zero attached hydrogens (tertiary/aromatic N) is 3. The van der Waals surface area contributed by atoms with Gasteiger partial charge in [0.05, 0.1) is 25.0 Å². The molecule has 0 aliphatic rings. The van der Waals surface area contributed by atoms with Gasteiger partial charge in [-0.2, -0.15) is 0 Å². The molecule has 78 valence electrons. The van der Waals surface area contributed by atoms with Crippen LogP contribution in [0.2, 0.25) is 0 Å². The van der Waals surface area contributed by atoms with Gasteiger partial charge in [0, 0.05) is 12.1 Å². The van der Waals surface area contributed by atoms with Gasteiger partial charge in [0.15, 0.2) is 0 Å². The second-order valence-electron chi connectivity index (χ2n) is 2.80. The Balaban J connectivity index is 2.75. The highest BCUT2D eigenvalue weighted by Crippen LogP contribution is 2.13. The van der Waals surface area contributed by atoms with E-state index in [1.165, 1.54) is 18.0 Å². The molecule has 1 atom stereocenters. The van der Waals surface area contributed by atoms with Crippen molar-refractivity contribution in [2.45, 2.75) is 12.6 Å². The van der Waals surface area contributed by atoms with E-state index in [1.54, 1.807) is 0 Å². The number of methoxy groups -OCH3 is 1. The summed E-state index contributed by atoms with van der Waals surface area (Å²) in [6.45, 7) is 4.07. The lowest BCUT2D eigenvalue weighted by atomic mass is 10.3. The average molecular weight is 218 g/mol.